The molecule has 0 spiro atoms. The lowest BCUT2D eigenvalue weighted by atomic mass is 10.1. The summed E-state index contributed by atoms with van der Waals surface area (Å²) in [5.74, 6) is -0.923. The van der Waals surface area contributed by atoms with Crippen LogP contribution in [0.1, 0.15) is 17.5 Å². The lowest BCUT2D eigenvalue weighted by Crippen LogP contribution is -2.34. The van der Waals surface area contributed by atoms with Crippen LogP contribution < -0.4 is 10.5 Å². The van der Waals surface area contributed by atoms with Gasteiger partial charge in [-0.3, -0.25) is 9.59 Å². The van der Waals surface area contributed by atoms with Gasteiger partial charge in [-0.05, 0) is 48.2 Å². The normalized spacial score (nSPS) is 16.7. The van der Waals surface area contributed by atoms with Crippen LogP contribution in [-0.2, 0) is 32.5 Å². The average Bonchev–Trinajstić information content (AvgIpc) is 3.08. The molecule has 1 aliphatic rings. The first kappa shape index (κ1) is 21.9. The fourth-order valence-electron chi connectivity index (χ4n) is 3.40. The summed E-state index contributed by atoms with van der Waals surface area (Å²) in [5.41, 5.74) is 1.80. The molecule has 1 fully saturated rings. The number of hydrogen-bond donors (Lipinski definition) is 2. The van der Waals surface area contributed by atoms with Crippen LogP contribution in [0.5, 0.6) is 0 Å². The Bertz CT molecular complexity index is 1010. The molecule has 0 bridgehead atoms. The van der Waals surface area contributed by atoms with Crippen molar-refractivity contribution in [3.05, 3.63) is 65.5 Å². The van der Waals surface area contributed by atoms with Gasteiger partial charge in [0.2, 0.25) is 21.8 Å². The Hall–Kier alpha value is -2.78. The van der Waals surface area contributed by atoms with E-state index in [1.165, 1.54) is 24.3 Å². The Morgan fingerprint density at radius 1 is 1.07 bits per heavy atom. The Kier molecular flexibility index (Phi) is 6.84. The van der Waals surface area contributed by atoms with Gasteiger partial charge in [-0.15, -0.1) is 0 Å². The zero-order valence-electron chi connectivity index (χ0n) is 16.4. The van der Waals surface area contributed by atoms with Crippen molar-refractivity contribution < 1.29 is 22.4 Å². The topological polar surface area (TPSA) is 110 Å². The van der Waals surface area contributed by atoms with Gasteiger partial charge in [0.05, 0.1) is 10.8 Å². The highest BCUT2D eigenvalue weighted by Gasteiger charge is 2.33. The minimum absolute atomic E-state index is 0.0421. The third kappa shape index (κ3) is 5.87. The number of benzene rings is 2. The molecule has 2 amide bonds. The Labute approximate surface area is 175 Å². The van der Waals surface area contributed by atoms with Crippen molar-refractivity contribution in [1.82, 2.24) is 10.2 Å². The summed E-state index contributed by atoms with van der Waals surface area (Å²) in [4.78, 5) is 26.3. The highest BCUT2D eigenvalue weighted by atomic mass is 32.2. The molecule has 3 N–H and O–H groups in total. The van der Waals surface area contributed by atoms with Crippen LogP contribution in [0.15, 0.2) is 53.4 Å². The molecule has 1 saturated heterocycles. The number of amides is 2. The molecular weight excluding hydrogens is 409 g/mol. The van der Waals surface area contributed by atoms with Gasteiger partial charge in [0.1, 0.15) is 5.82 Å². The first-order chi connectivity index (χ1) is 14.2. The van der Waals surface area contributed by atoms with Crippen LogP contribution in [0.3, 0.4) is 0 Å². The van der Waals surface area contributed by atoms with Gasteiger partial charge in [-0.25, -0.2) is 17.9 Å². The van der Waals surface area contributed by atoms with Crippen molar-refractivity contribution in [1.29, 1.82) is 0 Å². The Morgan fingerprint density at radius 3 is 2.30 bits per heavy atom. The van der Waals surface area contributed by atoms with Crippen LogP contribution in [0, 0.1) is 11.7 Å². The SMILES string of the molecule is NS(=O)(=O)c1ccc(CCNC(=O)C2CC(=O)N(CCc3ccc(F)cc3)C2)cc1. The van der Waals surface area contributed by atoms with Gasteiger partial charge in [0, 0.05) is 26.1 Å². The number of primary sulfonamides is 1. The highest BCUT2D eigenvalue weighted by Crippen LogP contribution is 2.19. The van der Waals surface area contributed by atoms with E-state index in [4.69, 9.17) is 5.14 Å². The second-order valence-electron chi connectivity index (χ2n) is 7.35. The molecule has 30 heavy (non-hydrogen) atoms. The van der Waals surface area contributed by atoms with E-state index in [9.17, 15) is 22.4 Å². The van der Waals surface area contributed by atoms with E-state index in [1.807, 2.05) is 0 Å². The third-order valence-corrected chi connectivity index (χ3v) is 6.06. The molecule has 0 radical (unpaired) electrons. The maximum Gasteiger partial charge on any atom is 0.238 e. The van der Waals surface area contributed by atoms with Gasteiger partial charge in [-0.2, -0.15) is 0 Å². The van der Waals surface area contributed by atoms with Gasteiger partial charge < -0.3 is 10.2 Å². The predicted molar refractivity (Wildman–Crippen MR) is 109 cm³/mol. The third-order valence-electron chi connectivity index (χ3n) is 5.13. The van der Waals surface area contributed by atoms with Crippen molar-refractivity contribution in [3.63, 3.8) is 0 Å². The predicted octanol–water partition coefficient (Wildman–Crippen LogP) is 1.22. The van der Waals surface area contributed by atoms with Gasteiger partial charge in [0.15, 0.2) is 0 Å². The minimum atomic E-state index is -3.72. The van der Waals surface area contributed by atoms with Crippen LogP contribution in [-0.4, -0.2) is 44.8 Å². The van der Waals surface area contributed by atoms with Gasteiger partial charge in [0.25, 0.3) is 0 Å². The van der Waals surface area contributed by atoms with Crippen LogP contribution >= 0.6 is 0 Å². The maximum atomic E-state index is 13.0. The van der Waals surface area contributed by atoms with E-state index in [-0.39, 0.29) is 28.9 Å². The fraction of sp³-hybridized carbons (Fsp3) is 0.333. The van der Waals surface area contributed by atoms with Crippen molar-refractivity contribution in [2.45, 2.75) is 24.2 Å². The van der Waals surface area contributed by atoms with Crippen LogP contribution in [0.4, 0.5) is 4.39 Å². The molecule has 0 saturated carbocycles. The molecule has 2 aromatic rings. The number of sulfonamides is 1. The molecule has 7 nitrogen and oxygen atoms in total. The molecule has 1 heterocycles. The molecule has 1 atom stereocenters. The highest BCUT2D eigenvalue weighted by molar-refractivity contribution is 7.89. The number of likely N-dealkylation sites (tertiary alicyclic amines) is 1. The number of rotatable bonds is 8. The van der Waals surface area contributed by atoms with E-state index in [0.29, 0.717) is 32.5 Å². The number of nitrogens with zero attached hydrogens (tertiary/aromatic N) is 1. The van der Waals surface area contributed by atoms with Crippen molar-refractivity contribution in [2.75, 3.05) is 19.6 Å². The Balaban J connectivity index is 1.43. The summed E-state index contributed by atoms with van der Waals surface area (Å²) in [6.45, 7) is 1.24. The summed E-state index contributed by atoms with van der Waals surface area (Å²) < 4.78 is 35.5. The summed E-state index contributed by atoms with van der Waals surface area (Å²) in [5, 5.41) is 7.90. The first-order valence-corrected chi connectivity index (χ1v) is 11.2. The molecule has 3 rings (SSSR count). The lowest BCUT2D eigenvalue weighted by molar-refractivity contribution is -0.129. The monoisotopic (exact) mass is 433 g/mol. The first-order valence-electron chi connectivity index (χ1n) is 9.64. The van der Waals surface area contributed by atoms with E-state index >= 15 is 0 Å². The van der Waals surface area contributed by atoms with E-state index in [0.717, 1.165) is 11.1 Å². The van der Waals surface area contributed by atoms with Crippen molar-refractivity contribution in [2.24, 2.45) is 11.1 Å². The molecule has 0 aromatic heterocycles. The number of nitrogens with one attached hydrogen (secondary N) is 1. The van der Waals surface area contributed by atoms with Gasteiger partial charge in [-0.1, -0.05) is 24.3 Å². The molecule has 9 heteroatoms. The second kappa shape index (κ2) is 9.36. The number of hydrogen-bond acceptors (Lipinski definition) is 4. The quantitative estimate of drug-likeness (QED) is 0.652. The number of nitrogens with two attached hydrogens (primary N) is 1. The largest absolute Gasteiger partial charge is 0.355 e. The molecule has 0 aliphatic carbocycles. The fourth-order valence-corrected chi connectivity index (χ4v) is 3.91. The lowest BCUT2D eigenvalue weighted by Gasteiger charge is -2.16. The van der Waals surface area contributed by atoms with E-state index < -0.39 is 15.9 Å². The molecule has 2 aromatic carbocycles. The van der Waals surface area contributed by atoms with Crippen LogP contribution in [0.25, 0.3) is 0 Å². The Morgan fingerprint density at radius 2 is 1.67 bits per heavy atom. The van der Waals surface area contributed by atoms with Crippen LogP contribution in [0.2, 0.25) is 0 Å². The van der Waals surface area contributed by atoms with E-state index in [1.54, 1.807) is 29.2 Å². The number of carbonyl (C=O) groups excluding carboxylic acids is 2. The minimum Gasteiger partial charge on any atom is -0.355 e. The van der Waals surface area contributed by atoms with Crippen molar-refractivity contribution in [3.8, 4) is 0 Å². The molecule has 160 valence electrons. The average molecular weight is 434 g/mol. The molecular formula is C21H24FN3O4S. The summed E-state index contributed by atoms with van der Waals surface area (Å²) >= 11 is 0. The van der Waals surface area contributed by atoms with Crippen molar-refractivity contribution >= 4 is 21.8 Å². The smallest absolute Gasteiger partial charge is 0.238 e. The zero-order chi connectivity index (χ0) is 21.7. The number of halogens is 1. The molecule has 1 aliphatic heterocycles. The number of carbonyl (C=O) groups is 2. The summed E-state index contributed by atoms with van der Waals surface area (Å²) in [6, 6.07) is 12.3. The second-order valence-corrected chi connectivity index (χ2v) is 8.91. The van der Waals surface area contributed by atoms with E-state index in [2.05, 4.69) is 5.32 Å². The zero-order valence-corrected chi connectivity index (χ0v) is 17.2. The standard InChI is InChI=1S/C21H24FN3O4S/c22-18-5-1-16(2-6-18)10-12-25-14-17(13-20(25)26)21(27)24-11-9-15-3-7-19(8-4-15)30(23,28)29/h1-8,17H,9-14H2,(H,24,27)(H2,23,28,29). The summed E-state index contributed by atoms with van der Waals surface area (Å²) in [6.07, 6.45) is 1.32. The van der Waals surface area contributed by atoms with Gasteiger partial charge >= 0.3 is 0 Å². The molecule has 1 unspecified atom stereocenters. The maximum absolute atomic E-state index is 13.0. The summed E-state index contributed by atoms with van der Waals surface area (Å²) in [7, 11) is -3.72.